The smallest absolute Gasteiger partial charge is 0.224 e. The second-order valence-electron chi connectivity index (χ2n) is 7.44. The Morgan fingerprint density at radius 2 is 1.83 bits per heavy atom. The van der Waals surface area contributed by atoms with Crippen LogP contribution in [0.3, 0.4) is 0 Å². The number of benzene rings is 2. The van der Waals surface area contributed by atoms with Crippen molar-refractivity contribution >= 4 is 39.1 Å². The van der Waals surface area contributed by atoms with E-state index in [1.807, 2.05) is 6.92 Å². The zero-order valence-electron chi connectivity index (χ0n) is 16.4. The number of amides is 1. The topological polar surface area (TPSA) is 66.5 Å². The number of nitrogens with zero attached hydrogens (tertiary/aromatic N) is 1. The standard InChI is InChI=1S/C21H23Cl2FN2O3S/c1-14(15-7-9-17(24)10-8-15)25-21(27)16-4-3-11-26(12-16)30(28,29)13-18-19(22)5-2-6-20(18)23/h2,5-10,14,16H,3-4,11-13H2,1H3,(H,25,27). The number of sulfonamides is 1. The maximum Gasteiger partial charge on any atom is 0.224 e. The zero-order valence-corrected chi connectivity index (χ0v) is 18.8. The first kappa shape index (κ1) is 23.0. The Morgan fingerprint density at radius 3 is 2.47 bits per heavy atom. The summed E-state index contributed by atoms with van der Waals surface area (Å²) < 4.78 is 40.3. The Labute approximate surface area is 186 Å². The van der Waals surface area contributed by atoms with Gasteiger partial charge >= 0.3 is 0 Å². The first-order valence-corrected chi connectivity index (χ1v) is 12.0. The average Bonchev–Trinajstić information content (AvgIpc) is 2.71. The van der Waals surface area contributed by atoms with Gasteiger partial charge in [-0.05, 0) is 49.6 Å². The zero-order chi connectivity index (χ0) is 21.9. The summed E-state index contributed by atoms with van der Waals surface area (Å²) in [7, 11) is -3.69. The summed E-state index contributed by atoms with van der Waals surface area (Å²) in [5.74, 6) is -1.34. The number of carbonyl (C=O) groups is 1. The number of carbonyl (C=O) groups excluding carboxylic acids is 1. The van der Waals surface area contributed by atoms with E-state index in [0.717, 1.165) is 5.56 Å². The molecule has 1 heterocycles. The van der Waals surface area contributed by atoms with Crippen molar-refractivity contribution in [2.75, 3.05) is 13.1 Å². The molecule has 2 aromatic rings. The fraction of sp³-hybridized carbons (Fsp3) is 0.381. The van der Waals surface area contributed by atoms with Crippen LogP contribution in [0, 0.1) is 11.7 Å². The van der Waals surface area contributed by atoms with Gasteiger partial charge in [-0.3, -0.25) is 4.79 Å². The monoisotopic (exact) mass is 472 g/mol. The second kappa shape index (κ2) is 9.64. The molecule has 2 aromatic carbocycles. The maximum absolute atomic E-state index is 13.1. The molecule has 0 spiro atoms. The molecule has 5 nitrogen and oxygen atoms in total. The molecule has 9 heteroatoms. The van der Waals surface area contributed by atoms with Crippen LogP contribution in [0.2, 0.25) is 10.0 Å². The fourth-order valence-corrected chi connectivity index (χ4v) is 5.88. The van der Waals surface area contributed by atoms with E-state index >= 15 is 0 Å². The third kappa shape index (κ3) is 5.52. The molecule has 1 aliphatic rings. The molecule has 2 atom stereocenters. The summed E-state index contributed by atoms with van der Waals surface area (Å²) >= 11 is 12.2. The summed E-state index contributed by atoms with van der Waals surface area (Å²) in [6.45, 7) is 2.26. The molecule has 0 bridgehead atoms. The Kier molecular flexibility index (Phi) is 7.39. The first-order valence-electron chi connectivity index (χ1n) is 9.64. The Balaban J connectivity index is 1.66. The second-order valence-corrected chi connectivity index (χ2v) is 10.2. The molecular weight excluding hydrogens is 450 g/mol. The highest BCUT2D eigenvalue weighted by molar-refractivity contribution is 7.88. The lowest BCUT2D eigenvalue weighted by molar-refractivity contribution is -0.126. The number of nitrogens with one attached hydrogen (secondary N) is 1. The van der Waals surface area contributed by atoms with E-state index in [0.29, 0.717) is 35.0 Å². The van der Waals surface area contributed by atoms with Gasteiger partial charge in [-0.25, -0.2) is 17.1 Å². The largest absolute Gasteiger partial charge is 0.349 e. The van der Waals surface area contributed by atoms with Crippen LogP contribution in [0.15, 0.2) is 42.5 Å². The summed E-state index contributed by atoms with van der Waals surface area (Å²) in [5, 5.41) is 3.49. The number of halogens is 3. The van der Waals surface area contributed by atoms with Crippen LogP contribution < -0.4 is 5.32 Å². The SMILES string of the molecule is CC(NC(=O)C1CCCN(S(=O)(=O)Cc2c(Cl)cccc2Cl)C1)c1ccc(F)cc1. The lowest BCUT2D eigenvalue weighted by atomic mass is 9.98. The van der Waals surface area contributed by atoms with Gasteiger partial charge in [-0.2, -0.15) is 0 Å². The van der Waals surface area contributed by atoms with Crippen LogP contribution >= 0.6 is 23.2 Å². The molecule has 1 amide bonds. The van der Waals surface area contributed by atoms with Crippen molar-refractivity contribution in [1.29, 1.82) is 0 Å². The van der Waals surface area contributed by atoms with E-state index in [9.17, 15) is 17.6 Å². The van der Waals surface area contributed by atoms with Crippen molar-refractivity contribution in [3.63, 3.8) is 0 Å². The van der Waals surface area contributed by atoms with Crippen molar-refractivity contribution in [2.24, 2.45) is 5.92 Å². The quantitative estimate of drug-likeness (QED) is 0.670. The minimum atomic E-state index is -3.69. The highest BCUT2D eigenvalue weighted by Gasteiger charge is 2.33. The normalized spacial score (nSPS) is 18.7. The van der Waals surface area contributed by atoms with E-state index in [-0.39, 0.29) is 30.1 Å². The fourth-order valence-electron chi connectivity index (χ4n) is 3.52. The Bertz CT molecular complexity index is 995. The molecule has 2 unspecified atom stereocenters. The van der Waals surface area contributed by atoms with Crippen molar-refractivity contribution in [1.82, 2.24) is 9.62 Å². The van der Waals surface area contributed by atoms with E-state index in [1.54, 1.807) is 30.3 Å². The molecule has 162 valence electrons. The van der Waals surface area contributed by atoms with Gasteiger partial charge in [0.05, 0.1) is 17.7 Å². The lowest BCUT2D eigenvalue weighted by Gasteiger charge is -2.32. The summed E-state index contributed by atoms with van der Waals surface area (Å²) in [4.78, 5) is 12.7. The lowest BCUT2D eigenvalue weighted by Crippen LogP contribution is -2.46. The van der Waals surface area contributed by atoms with E-state index < -0.39 is 15.9 Å². The van der Waals surface area contributed by atoms with Gasteiger partial charge in [-0.15, -0.1) is 0 Å². The average molecular weight is 473 g/mol. The molecule has 0 aromatic heterocycles. The predicted molar refractivity (Wildman–Crippen MR) is 116 cm³/mol. The van der Waals surface area contributed by atoms with Gasteiger partial charge in [-0.1, -0.05) is 41.4 Å². The molecule has 3 rings (SSSR count). The Morgan fingerprint density at radius 1 is 1.20 bits per heavy atom. The molecule has 1 N–H and O–H groups in total. The van der Waals surface area contributed by atoms with Crippen LogP contribution in [0.1, 0.15) is 36.9 Å². The molecule has 0 saturated carbocycles. The predicted octanol–water partition coefficient (Wildman–Crippen LogP) is 4.55. The van der Waals surface area contributed by atoms with Crippen molar-refractivity contribution in [3.8, 4) is 0 Å². The van der Waals surface area contributed by atoms with E-state index in [4.69, 9.17) is 23.2 Å². The van der Waals surface area contributed by atoms with Gasteiger partial charge in [0.1, 0.15) is 5.82 Å². The minimum Gasteiger partial charge on any atom is -0.349 e. The number of hydrogen-bond donors (Lipinski definition) is 1. The van der Waals surface area contributed by atoms with Crippen molar-refractivity contribution in [2.45, 2.75) is 31.6 Å². The van der Waals surface area contributed by atoms with Gasteiger partial charge < -0.3 is 5.32 Å². The van der Waals surface area contributed by atoms with E-state index in [2.05, 4.69) is 5.32 Å². The highest BCUT2D eigenvalue weighted by Crippen LogP contribution is 2.29. The molecule has 0 aliphatic carbocycles. The third-order valence-electron chi connectivity index (χ3n) is 5.27. The van der Waals surface area contributed by atoms with Crippen LogP contribution in [-0.4, -0.2) is 31.7 Å². The number of rotatable bonds is 6. The van der Waals surface area contributed by atoms with Gasteiger partial charge in [0.2, 0.25) is 15.9 Å². The molecule has 1 saturated heterocycles. The summed E-state index contributed by atoms with van der Waals surface area (Å²) in [5.41, 5.74) is 1.13. The third-order valence-corrected chi connectivity index (χ3v) is 7.75. The van der Waals surface area contributed by atoms with Gasteiger partial charge in [0, 0.05) is 28.7 Å². The van der Waals surface area contributed by atoms with Gasteiger partial charge in [0.15, 0.2) is 0 Å². The van der Waals surface area contributed by atoms with Crippen LogP contribution in [0.5, 0.6) is 0 Å². The maximum atomic E-state index is 13.1. The first-order chi connectivity index (χ1) is 14.2. The van der Waals surface area contributed by atoms with Gasteiger partial charge in [0.25, 0.3) is 0 Å². The molecule has 1 fully saturated rings. The van der Waals surface area contributed by atoms with E-state index in [1.165, 1.54) is 16.4 Å². The molecule has 30 heavy (non-hydrogen) atoms. The Hall–Kier alpha value is -1.67. The summed E-state index contributed by atoms with van der Waals surface area (Å²) in [6.07, 6.45) is 1.18. The summed E-state index contributed by atoms with van der Waals surface area (Å²) in [6, 6.07) is 10.5. The van der Waals surface area contributed by atoms with Crippen LogP contribution in [0.25, 0.3) is 0 Å². The molecule has 0 radical (unpaired) electrons. The van der Waals surface area contributed by atoms with Crippen molar-refractivity contribution < 1.29 is 17.6 Å². The molecule has 1 aliphatic heterocycles. The number of piperidine rings is 1. The van der Waals surface area contributed by atoms with Crippen molar-refractivity contribution in [3.05, 3.63) is 69.5 Å². The highest BCUT2D eigenvalue weighted by atomic mass is 35.5. The number of hydrogen-bond acceptors (Lipinski definition) is 3. The van der Waals surface area contributed by atoms with Crippen LogP contribution in [-0.2, 0) is 20.6 Å². The van der Waals surface area contributed by atoms with Crippen LogP contribution in [0.4, 0.5) is 4.39 Å². The minimum absolute atomic E-state index is 0.104. The molecular formula is C21H23Cl2FN2O3S.